The lowest BCUT2D eigenvalue weighted by Crippen LogP contribution is -2.20. The molecule has 0 spiro atoms. The molecule has 29 heavy (non-hydrogen) atoms. The van der Waals surface area contributed by atoms with Crippen molar-refractivity contribution < 1.29 is 18.1 Å². The molecule has 150 valence electrons. The van der Waals surface area contributed by atoms with Crippen LogP contribution in [0.3, 0.4) is 0 Å². The summed E-state index contributed by atoms with van der Waals surface area (Å²) >= 11 is 0. The van der Waals surface area contributed by atoms with Crippen LogP contribution in [-0.4, -0.2) is 16.2 Å². The summed E-state index contributed by atoms with van der Waals surface area (Å²) in [6.07, 6.45) is 5.79. The zero-order valence-electron chi connectivity index (χ0n) is 15.6. The molecule has 1 saturated carbocycles. The number of rotatable bonds is 4. The van der Waals surface area contributed by atoms with Gasteiger partial charge in [-0.15, -0.1) is 0 Å². The Kier molecular flexibility index (Phi) is 5.50. The molecule has 4 rings (SSSR count). The van der Waals surface area contributed by atoms with Gasteiger partial charge in [-0.1, -0.05) is 24.4 Å². The van der Waals surface area contributed by atoms with Crippen molar-refractivity contribution in [3.63, 3.8) is 0 Å². The number of urea groups is 1. The Labute approximate surface area is 166 Å². The molecule has 1 aliphatic carbocycles. The first-order valence-corrected chi connectivity index (χ1v) is 9.55. The summed E-state index contributed by atoms with van der Waals surface area (Å²) < 4.78 is 32.0. The van der Waals surface area contributed by atoms with Crippen molar-refractivity contribution in [1.29, 1.82) is 0 Å². The Bertz CT molecular complexity index is 998. The van der Waals surface area contributed by atoms with E-state index in [1.54, 1.807) is 24.3 Å². The van der Waals surface area contributed by atoms with E-state index in [9.17, 15) is 13.6 Å². The van der Waals surface area contributed by atoms with Gasteiger partial charge in [0.05, 0.1) is 5.69 Å². The molecule has 3 aromatic rings. The van der Waals surface area contributed by atoms with Crippen molar-refractivity contribution in [2.24, 2.45) is 0 Å². The molecule has 6 nitrogen and oxygen atoms in total. The van der Waals surface area contributed by atoms with Crippen LogP contribution in [-0.2, 0) is 0 Å². The molecular formula is C21H20F2N4O2. The summed E-state index contributed by atoms with van der Waals surface area (Å²) in [5.74, 6) is -0.0300. The van der Waals surface area contributed by atoms with Crippen molar-refractivity contribution in [2.75, 3.05) is 10.6 Å². The van der Waals surface area contributed by atoms with E-state index in [4.69, 9.17) is 4.52 Å². The molecule has 1 heterocycles. The summed E-state index contributed by atoms with van der Waals surface area (Å²) in [5.41, 5.74) is 1.17. The normalized spacial score (nSPS) is 14.6. The highest BCUT2D eigenvalue weighted by atomic mass is 19.1. The van der Waals surface area contributed by atoms with Gasteiger partial charge in [-0.25, -0.2) is 13.6 Å². The van der Waals surface area contributed by atoms with E-state index in [1.165, 1.54) is 19.3 Å². The lowest BCUT2D eigenvalue weighted by Gasteiger charge is -2.17. The molecule has 1 aromatic heterocycles. The molecule has 2 amide bonds. The van der Waals surface area contributed by atoms with E-state index in [2.05, 4.69) is 20.8 Å². The summed E-state index contributed by atoms with van der Waals surface area (Å²) in [6.45, 7) is 0. The van der Waals surface area contributed by atoms with Gasteiger partial charge in [-0.05, 0) is 49.2 Å². The Morgan fingerprint density at radius 2 is 1.76 bits per heavy atom. The van der Waals surface area contributed by atoms with E-state index in [0.29, 0.717) is 29.4 Å². The quantitative estimate of drug-likeness (QED) is 0.590. The predicted molar refractivity (Wildman–Crippen MR) is 105 cm³/mol. The number of aromatic nitrogens is 2. The van der Waals surface area contributed by atoms with Crippen molar-refractivity contribution >= 4 is 17.4 Å². The number of hydrogen-bond acceptors (Lipinski definition) is 4. The highest BCUT2D eigenvalue weighted by Crippen LogP contribution is 2.32. The highest BCUT2D eigenvalue weighted by molar-refractivity contribution is 5.99. The Hall–Kier alpha value is -3.29. The molecule has 2 aromatic carbocycles. The number of amides is 2. The van der Waals surface area contributed by atoms with Gasteiger partial charge in [0.25, 0.3) is 0 Å². The molecule has 0 atom stereocenters. The second-order valence-electron chi connectivity index (χ2n) is 7.07. The first-order valence-electron chi connectivity index (χ1n) is 9.55. The molecule has 0 unspecified atom stereocenters. The molecule has 1 fully saturated rings. The third kappa shape index (κ3) is 4.59. The average molecular weight is 398 g/mol. The van der Waals surface area contributed by atoms with Gasteiger partial charge >= 0.3 is 6.03 Å². The molecule has 0 aliphatic heterocycles. The minimum atomic E-state index is -0.846. The molecule has 0 radical (unpaired) electrons. The maximum atomic E-state index is 13.6. The van der Waals surface area contributed by atoms with Crippen molar-refractivity contribution in [1.82, 2.24) is 10.1 Å². The van der Waals surface area contributed by atoms with Crippen LogP contribution in [0.15, 0.2) is 47.0 Å². The van der Waals surface area contributed by atoms with Gasteiger partial charge in [-0.2, -0.15) is 4.98 Å². The third-order valence-corrected chi connectivity index (χ3v) is 4.98. The zero-order chi connectivity index (χ0) is 20.2. The summed E-state index contributed by atoms with van der Waals surface area (Å²) in [4.78, 5) is 16.5. The third-order valence-electron chi connectivity index (χ3n) is 4.98. The van der Waals surface area contributed by atoms with Crippen LogP contribution >= 0.6 is 0 Å². The monoisotopic (exact) mass is 398 g/mol. The first kappa shape index (κ1) is 19.0. The van der Waals surface area contributed by atoms with Crippen LogP contribution in [0.1, 0.15) is 43.9 Å². The van der Waals surface area contributed by atoms with Crippen LogP contribution in [0.4, 0.5) is 25.0 Å². The Balaban J connectivity index is 1.39. The Morgan fingerprint density at radius 1 is 1.00 bits per heavy atom. The van der Waals surface area contributed by atoms with Gasteiger partial charge < -0.3 is 15.2 Å². The maximum absolute atomic E-state index is 13.6. The number of carbonyl (C=O) groups excluding carboxylic acids is 1. The second-order valence-corrected chi connectivity index (χ2v) is 7.07. The average Bonchev–Trinajstić information content (AvgIpc) is 3.22. The highest BCUT2D eigenvalue weighted by Gasteiger charge is 2.21. The SMILES string of the molecule is O=C(Nc1ccc(-c2noc(C3CCCCC3)n2)cc1)Nc1ccc(F)cc1F. The summed E-state index contributed by atoms with van der Waals surface area (Å²) in [7, 11) is 0. The largest absolute Gasteiger partial charge is 0.339 e. The van der Waals surface area contributed by atoms with Crippen LogP contribution in [0.2, 0.25) is 0 Å². The molecule has 0 saturated heterocycles. The molecular weight excluding hydrogens is 378 g/mol. The number of nitrogens with zero attached hydrogens (tertiary/aromatic N) is 2. The van der Waals surface area contributed by atoms with E-state index < -0.39 is 17.7 Å². The van der Waals surface area contributed by atoms with E-state index in [0.717, 1.165) is 30.5 Å². The number of hydrogen-bond donors (Lipinski definition) is 2. The number of nitrogens with one attached hydrogen (secondary N) is 2. The summed E-state index contributed by atoms with van der Waals surface area (Å²) in [6, 6.07) is 9.21. The standard InChI is InChI=1S/C21H20F2N4O2/c22-15-8-11-18(17(23)12-15)25-21(28)24-16-9-6-13(7-10-16)19-26-20(29-27-19)14-4-2-1-3-5-14/h6-12,14H,1-5H2,(H2,24,25,28). The predicted octanol–water partition coefficient (Wildman–Crippen LogP) is 5.71. The van der Waals surface area contributed by atoms with Gasteiger partial charge in [0.15, 0.2) is 0 Å². The molecule has 8 heteroatoms. The smallest absolute Gasteiger partial charge is 0.323 e. The minimum absolute atomic E-state index is 0.109. The Morgan fingerprint density at radius 3 is 2.48 bits per heavy atom. The van der Waals surface area contributed by atoms with Crippen molar-refractivity contribution in [3.05, 3.63) is 60.0 Å². The van der Waals surface area contributed by atoms with Crippen molar-refractivity contribution in [2.45, 2.75) is 38.0 Å². The molecule has 0 bridgehead atoms. The zero-order valence-corrected chi connectivity index (χ0v) is 15.6. The van der Waals surface area contributed by atoms with Gasteiger partial charge in [0.1, 0.15) is 11.6 Å². The molecule has 1 aliphatic rings. The summed E-state index contributed by atoms with van der Waals surface area (Å²) in [5, 5.41) is 9.00. The van der Waals surface area contributed by atoms with Gasteiger partial charge in [0, 0.05) is 23.2 Å². The second kappa shape index (κ2) is 8.38. The van der Waals surface area contributed by atoms with Crippen LogP contribution < -0.4 is 10.6 Å². The van der Waals surface area contributed by atoms with E-state index in [-0.39, 0.29) is 5.69 Å². The topological polar surface area (TPSA) is 80.1 Å². The van der Waals surface area contributed by atoms with Crippen LogP contribution in [0.25, 0.3) is 11.4 Å². The van der Waals surface area contributed by atoms with Gasteiger partial charge in [-0.3, -0.25) is 0 Å². The lowest BCUT2D eigenvalue weighted by molar-refractivity contribution is 0.262. The number of halogens is 2. The van der Waals surface area contributed by atoms with Gasteiger partial charge in [0.2, 0.25) is 11.7 Å². The van der Waals surface area contributed by atoms with Crippen LogP contribution in [0.5, 0.6) is 0 Å². The van der Waals surface area contributed by atoms with E-state index in [1.807, 2.05) is 0 Å². The molecule has 2 N–H and O–H groups in total. The lowest BCUT2D eigenvalue weighted by atomic mass is 9.89. The van der Waals surface area contributed by atoms with Crippen LogP contribution in [0, 0.1) is 11.6 Å². The minimum Gasteiger partial charge on any atom is -0.339 e. The van der Waals surface area contributed by atoms with E-state index >= 15 is 0 Å². The number of benzene rings is 2. The fourth-order valence-corrected chi connectivity index (χ4v) is 3.45. The van der Waals surface area contributed by atoms with Crippen molar-refractivity contribution in [3.8, 4) is 11.4 Å². The fourth-order valence-electron chi connectivity index (χ4n) is 3.45. The maximum Gasteiger partial charge on any atom is 0.323 e. The number of carbonyl (C=O) groups is 1. The first-order chi connectivity index (χ1) is 14.1. The fraction of sp³-hybridized carbons (Fsp3) is 0.286. The number of anilines is 2.